The fraction of sp³-hybridized carbons (Fsp3) is 0.714. The van der Waals surface area contributed by atoms with Crippen molar-refractivity contribution in [3.05, 3.63) is 16.1 Å². The molecular weight excluding hydrogens is 383 g/mol. The minimum absolute atomic E-state index is 0. The lowest BCUT2D eigenvalue weighted by Gasteiger charge is -2.10. The highest BCUT2D eigenvalue weighted by Crippen LogP contribution is 2.13. The first-order valence-corrected chi connectivity index (χ1v) is 8.07. The monoisotopic (exact) mass is 410 g/mol. The molecule has 0 radical (unpaired) electrons. The van der Waals surface area contributed by atoms with E-state index in [1.165, 1.54) is 16.3 Å². The van der Waals surface area contributed by atoms with Gasteiger partial charge in [-0.1, -0.05) is 20.3 Å². The summed E-state index contributed by atoms with van der Waals surface area (Å²) in [5, 5.41) is 7.83. The quantitative estimate of drug-likeness (QED) is 0.300. The Kier molecular flexibility index (Phi) is 12.1. The van der Waals surface area contributed by atoms with Gasteiger partial charge < -0.3 is 10.6 Å². The van der Waals surface area contributed by atoms with Gasteiger partial charge in [0, 0.05) is 37.1 Å². The maximum absolute atomic E-state index is 4.53. The van der Waals surface area contributed by atoms with Crippen LogP contribution in [0.3, 0.4) is 0 Å². The van der Waals surface area contributed by atoms with Crippen LogP contribution in [0.1, 0.15) is 43.5 Å². The predicted octanol–water partition coefficient (Wildman–Crippen LogP) is 3.22. The van der Waals surface area contributed by atoms with Crippen molar-refractivity contribution < 1.29 is 0 Å². The molecule has 0 spiro atoms. The van der Waals surface area contributed by atoms with Crippen molar-refractivity contribution in [1.29, 1.82) is 0 Å². The van der Waals surface area contributed by atoms with Gasteiger partial charge in [0.25, 0.3) is 0 Å². The highest BCUT2D eigenvalue weighted by molar-refractivity contribution is 14.0. The number of guanidine groups is 1. The van der Waals surface area contributed by atoms with Crippen LogP contribution >= 0.6 is 35.3 Å². The molecule has 1 heterocycles. The summed E-state index contributed by atoms with van der Waals surface area (Å²) in [4.78, 5) is 10.3. The number of hydrogen-bond acceptors (Lipinski definition) is 3. The summed E-state index contributed by atoms with van der Waals surface area (Å²) in [7, 11) is 0. The Hall–Kier alpha value is -0.370. The Balaban J connectivity index is 0.00000361. The molecule has 0 aliphatic heterocycles. The second kappa shape index (κ2) is 12.4. The topological polar surface area (TPSA) is 49.3 Å². The standard InChI is InChI=1S/C14H26N4S.HI/c1-4-7-9-16-14(15-6-3)17-10-8-13-18-11-12(5-2)19-13;/h11H,4-10H2,1-3H3,(H2,15,16,17);1H. The maximum Gasteiger partial charge on any atom is 0.191 e. The number of halogens is 1. The molecule has 0 aliphatic rings. The highest BCUT2D eigenvalue weighted by Gasteiger charge is 2.01. The van der Waals surface area contributed by atoms with Crippen molar-refractivity contribution in [2.24, 2.45) is 4.99 Å². The Morgan fingerprint density at radius 1 is 1.30 bits per heavy atom. The van der Waals surface area contributed by atoms with Gasteiger partial charge in [0.1, 0.15) is 0 Å². The molecule has 0 saturated heterocycles. The van der Waals surface area contributed by atoms with Crippen molar-refractivity contribution >= 4 is 41.3 Å². The Labute approximate surface area is 143 Å². The number of nitrogens with one attached hydrogen (secondary N) is 2. The molecule has 1 aromatic heterocycles. The molecule has 6 heteroatoms. The summed E-state index contributed by atoms with van der Waals surface area (Å²) in [6.07, 6.45) is 6.35. The van der Waals surface area contributed by atoms with Gasteiger partial charge in [-0.3, -0.25) is 4.99 Å². The van der Waals surface area contributed by atoms with Gasteiger partial charge in [-0.15, -0.1) is 35.3 Å². The number of aliphatic imine (C=N–C) groups is 1. The zero-order chi connectivity index (χ0) is 13.9. The molecule has 2 N–H and O–H groups in total. The van der Waals surface area contributed by atoms with E-state index < -0.39 is 0 Å². The maximum atomic E-state index is 4.53. The van der Waals surface area contributed by atoms with E-state index in [4.69, 9.17) is 0 Å². The first kappa shape index (κ1) is 19.6. The zero-order valence-electron chi connectivity index (χ0n) is 12.7. The summed E-state index contributed by atoms with van der Waals surface area (Å²) in [5.41, 5.74) is 0. The highest BCUT2D eigenvalue weighted by atomic mass is 127. The van der Waals surface area contributed by atoms with E-state index in [1.54, 1.807) is 0 Å². The molecule has 1 rings (SSSR count). The number of unbranched alkanes of at least 4 members (excludes halogenated alkanes) is 1. The summed E-state index contributed by atoms with van der Waals surface area (Å²) in [6.45, 7) is 9.11. The Bertz CT molecular complexity index is 379. The van der Waals surface area contributed by atoms with Crippen molar-refractivity contribution in [2.75, 3.05) is 19.6 Å². The summed E-state index contributed by atoms with van der Waals surface area (Å²) >= 11 is 1.81. The summed E-state index contributed by atoms with van der Waals surface area (Å²) < 4.78 is 0. The van der Waals surface area contributed by atoms with Crippen LogP contribution in [0.4, 0.5) is 0 Å². The van der Waals surface area contributed by atoms with Crippen LogP contribution in [-0.2, 0) is 12.8 Å². The van der Waals surface area contributed by atoms with Gasteiger partial charge in [-0.2, -0.15) is 0 Å². The lowest BCUT2D eigenvalue weighted by molar-refractivity contribution is 0.766. The average Bonchev–Trinajstić information content (AvgIpc) is 2.87. The molecule has 0 aliphatic carbocycles. The molecule has 0 aromatic carbocycles. The summed E-state index contributed by atoms with van der Waals surface area (Å²) in [5.74, 6) is 0.920. The Morgan fingerprint density at radius 2 is 2.10 bits per heavy atom. The van der Waals surface area contributed by atoms with Crippen molar-refractivity contribution in [3.63, 3.8) is 0 Å². The van der Waals surface area contributed by atoms with Crippen LogP contribution < -0.4 is 10.6 Å². The largest absolute Gasteiger partial charge is 0.357 e. The number of hydrogen-bond donors (Lipinski definition) is 2. The van der Waals surface area contributed by atoms with Crippen LogP contribution in [-0.4, -0.2) is 30.6 Å². The molecular formula is C14H27IN4S. The molecule has 20 heavy (non-hydrogen) atoms. The van der Waals surface area contributed by atoms with Gasteiger partial charge in [-0.05, 0) is 19.8 Å². The van der Waals surface area contributed by atoms with Gasteiger partial charge >= 0.3 is 0 Å². The lowest BCUT2D eigenvalue weighted by atomic mass is 10.3. The van der Waals surface area contributed by atoms with E-state index in [9.17, 15) is 0 Å². The molecule has 0 fully saturated rings. The lowest BCUT2D eigenvalue weighted by Crippen LogP contribution is -2.38. The van der Waals surface area contributed by atoms with Gasteiger partial charge in [0.15, 0.2) is 5.96 Å². The van der Waals surface area contributed by atoms with E-state index in [0.717, 1.165) is 44.9 Å². The SMILES string of the molecule is CCCCN=C(NCC)NCCc1ncc(CC)s1.I. The molecule has 116 valence electrons. The van der Waals surface area contributed by atoms with E-state index in [-0.39, 0.29) is 24.0 Å². The smallest absolute Gasteiger partial charge is 0.191 e. The molecule has 0 unspecified atom stereocenters. The van der Waals surface area contributed by atoms with Crippen LogP contribution in [0.15, 0.2) is 11.2 Å². The number of aromatic nitrogens is 1. The van der Waals surface area contributed by atoms with E-state index in [0.29, 0.717) is 0 Å². The fourth-order valence-electron chi connectivity index (χ4n) is 1.61. The van der Waals surface area contributed by atoms with Crippen molar-refractivity contribution in [3.8, 4) is 0 Å². The van der Waals surface area contributed by atoms with Gasteiger partial charge in [0.2, 0.25) is 0 Å². The van der Waals surface area contributed by atoms with E-state index in [2.05, 4.69) is 41.4 Å². The third-order valence-corrected chi connectivity index (χ3v) is 3.91. The third kappa shape index (κ3) is 8.04. The van der Waals surface area contributed by atoms with E-state index >= 15 is 0 Å². The number of thiazole rings is 1. The molecule has 0 atom stereocenters. The second-order valence-electron chi connectivity index (χ2n) is 4.36. The zero-order valence-corrected chi connectivity index (χ0v) is 15.9. The van der Waals surface area contributed by atoms with Crippen LogP contribution in [0, 0.1) is 0 Å². The minimum atomic E-state index is 0. The first-order valence-electron chi connectivity index (χ1n) is 7.25. The first-order chi connectivity index (χ1) is 9.30. The third-order valence-electron chi connectivity index (χ3n) is 2.71. The predicted molar refractivity (Wildman–Crippen MR) is 99.5 cm³/mol. The average molecular weight is 410 g/mol. The van der Waals surface area contributed by atoms with Gasteiger partial charge in [0.05, 0.1) is 5.01 Å². The summed E-state index contributed by atoms with van der Waals surface area (Å²) in [6, 6.07) is 0. The van der Waals surface area contributed by atoms with Crippen molar-refractivity contribution in [1.82, 2.24) is 15.6 Å². The normalized spacial score (nSPS) is 11.1. The Morgan fingerprint density at radius 3 is 2.70 bits per heavy atom. The number of aryl methyl sites for hydroxylation is 1. The van der Waals surface area contributed by atoms with Crippen LogP contribution in [0.5, 0.6) is 0 Å². The molecule has 1 aromatic rings. The van der Waals surface area contributed by atoms with Crippen LogP contribution in [0.25, 0.3) is 0 Å². The van der Waals surface area contributed by atoms with Crippen molar-refractivity contribution in [2.45, 2.75) is 46.5 Å². The minimum Gasteiger partial charge on any atom is -0.357 e. The fourth-order valence-corrected chi connectivity index (χ4v) is 2.47. The second-order valence-corrected chi connectivity index (χ2v) is 5.56. The molecule has 4 nitrogen and oxygen atoms in total. The molecule has 0 saturated carbocycles. The molecule has 0 bridgehead atoms. The van der Waals surface area contributed by atoms with Crippen LogP contribution in [0.2, 0.25) is 0 Å². The van der Waals surface area contributed by atoms with Gasteiger partial charge in [-0.25, -0.2) is 4.98 Å². The van der Waals surface area contributed by atoms with E-state index in [1.807, 2.05) is 17.5 Å². The number of nitrogens with zero attached hydrogens (tertiary/aromatic N) is 2. The molecule has 0 amide bonds. The number of rotatable bonds is 8.